The molecule has 0 fully saturated rings. The Bertz CT molecular complexity index is 409. The van der Waals surface area contributed by atoms with Crippen LogP contribution in [0.5, 0.6) is 11.5 Å². The van der Waals surface area contributed by atoms with E-state index < -0.39 is 12.0 Å². The third kappa shape index (κ3) is 3.33. The Labute approximate surface area is 106 Å². The Morgan fingerprint density at radius 3 is 2.72 bits per heavy atom. The minimum atomic E-state index is -0.765. The Morgan fingerprint density at radius 2 is 2.17 bits per heavy atom. The first-order valence-corrected chi connectivity index (χ1v) is 5.62. The van der Waals surface area contributed by atoms with Crippen molar-refractivity contribution in [2.24, 2.45) is 5.73 Å². The summed E-state index contributed by atoms with van der Waals surface area (Å²) in [7, 11) is 3.05. The number of nitrogens with two attached hydrogens (primary N) is 1. The van der Waals surface area contributed by atoms with E-state index in [1.165, 1.54) is 14.2 Å². The standard InChI is InChI=1S/C12H18N2O4/c1-4-18-12(15)8(13)7-9-11(17-3)10(16-2)5-6-14-9/h5-6,8H,4,7,13H2,1-3H3. The number of aromatic nitrogens is 1. The molecule has 2 N–H and O–H groups in total. The Hall–Kier alpha value is -1.82. The highest BCUT2D eigenvalue weighted by Gasteiger charge is 2.20. The first kappa shape index (κ1) is 14.2. The number of carbonyl (C=O) groups is 1. The maximum absolute atomic E-state index is 11.5. The molecule has 1 rings (SSSR count). The molecular weight excluding hydrogens is 236 g/mol. The molecular formula is C12H18N2O4. The highest BCUT2D eigenvalue weighted by Crippen LogP contribution is 2.29. The normalized spacial score (nSPS) is 11.8. The number of methoxy groups -OCH3 is 2. The largest absolute Gasteiger partial charge is 0.493 e. The second kappa shape index (κ2) is 6.80. The number of hydrogen-bond acceptors (Lipinski definition) is 6. The summed E-state index contributed by atoms with van der Waals surface area (Å²) in [6.45, 7) is 2.03. The van der Waals surface area contributed by atoms with E-state index in [1.54, 1.807) is 19.2 Å². The lowest BCUT2D eigenvalue weighted by atomic mass is 10.1. The zero-order valence-electron chi connectivity index (χ0n) is 10.8. The molecule has 6 nitrogen and oxygen atoms in total. The minimum Gasteiger partial charge on any atom is -0.493 e. The molecule has 0 bridgehead atoms. The second-order valence-electron chi connectivity index (χ2n) is 3.56. The van der Waals surface area contributed by atoms with Crippen molar-refractivity contribution in [3.63, 3.8) is 0 Å². The van der Waals surface area contributed by atoms with E-state index in [1.807, 2.05) is 0 Å². The predicted octanol–water partition coefficient (Wildman–Crippen LogP) is 0.532. The number of nitrogens with zero attached hydrogens (tertiary/aromatic N) is 1. The van der Waals surface area contributed by atoms with Gasteiger partial charge in [-0.2, -0.15) is 0 Å². The first-order valence-electron chi connectivity index (χ1n) is 5.62. The van der Waals surface area contributed by atoms with Gasteiger partial charge in [-0.1, -0.05) is 0 Å². The van der Waals surface area contributed by atoms with Crippen molar-refractivity contribution in [2.75, 3.05) is 20.8 Å². The van der Waals surface area contributed by atoms with Gasteiger partial charge < -0.3 is 19.9 Å². The maximum atomic E-state index is 11.5. The van der Waals surface area contributed by atoms with Gasteiger partial charge in [0.2, 0.25) is 0 Å². The van der Waals surface area contributed by atoms with Crippen LogP contribution in [-0.4, -0.2) is 37.8 Å². The van der Waals surface area contributed by atoms with Gasteiger partial charge >= 0.3 is 5.97 Å². The van der Waals surface area contributed by atoms with Gasteiger partial charge in [0.15, 0.2) is 11.5 Å². The second-order valence-corrected chi connectivity index (χ2v) is 3.56. The highest BCUT2D eigenvalue weighted by molar-refractivity contribution is 5.76. The molecule has 100 valence electrons. The van der Waals surface area contributed by atoms with E-state index in [2.05, 4.69) is 4.98 Å². The zero-order valence-corrected chi connectivity index (χ0v) is 10.8. The van der Waals surface area contributed by atoms with E-state index in [0.29, 0.717) is 23.8 Å². The molecule has 0 saturated heterocycles. The topological polar surface area (TPSA) is 83.7 Å². The van der Waals surface area contributed by atoms with E-state index in [-0.39, 0.29) is 6.42 Å². The number of pyridine rings is 1. The third-order valence-electron chi connectivity index (χ3n) is 2.37. The highest BCUT2D eigenvalue weighted by atomic mass is 16.5. The van der Waals surface area contributed by atoms with Crippen LogP contribution in [0.25, 0.3) is 0 Å². The van der Waals surface area contributed by atoms with Gasteiger partial charge in [0.25, 0.3) is 0 Å². The van der Waals surface area contributed by atoms with Crippen LogP contribution in [-0.2, 0) is 16.0 Å². The van der Waals surface area contributed by atoms with Crippen LogP contribution in [0.3, 0.4) is 0 Å². The van der Waals surface area contributed by atoms with Crippen LogP contribution in [0.1, 0.15) is 12.6 Å². The molecule has 0 spiro atoms. The van der Waals surface area contributed by atoms with Crippen molar-refractivity contribution in [3.05, 3.63) is 18.0 Å². The number of esters is 1. The number of ether oxygens (including phenoxy) is 3. The predicted molar refractivity (Wildman–Crippen MR) is 65.7 cm³/mol. The van der Waals surface area contributed by atoms with Gasteiger partial charge in [0.1, 0.15) is 6.04 Å². The molecule has 18 heavy (non-hydrogen) atoms. The monoisotopic (exact) mass is 254 g/mol. The molecule has 1 atom stereocenters. The van der Waals surface area contributed by atoms with Gasteiger partial charge in [-0.05, 0) is 6.92 Å². The van der Waals surface area contributed by atoms with Gasteiger partial charge in [-0.3, -0.25) is 9.78 Å². The summed E-state index contributed by atoms with van der Waals surface area (Å²) in [5, 5.41) is 0. The lowest BCUT2D eigenvalue weighted by Crippen LogP contribution is -2.34. The Morgan fingerprint density at radius 1 is 1.44 bits per heavy atom. The maximum Gasteiger partial charge on any atom is 0.323 e. The van der Waals surface area contributed by atoms with Crippen molar-refractivity contribution < 1.29 is 19.0 Å². The fraction of sp³-hybridized carbons (Fsp3) is 0.500. The first-order chi connectivity index (χ1) is 8.63. The molecule has 0 amide bonds. The lowest BCUT2D eigenvalue weighted by Gasteiger charge is -2.14. The van der Waals surface area contributed by atoms with Gasteiger partial charge in [-0.15, -0.1) is 0 Å². The lowest BCUT2D eigenvalue weighted by molar-refractivity contribution is -0.144. The van der Waals surface area contributed by atoms with Gasteiger partial charge in [-0.25, -0.2) is 0 Å². The van der Waals surface area contributed by atoms with Crippen molar-refractivity contribution in [2.45, 2.75) is 19.4 Å². The van der Waals surface area contributed by atoms with Crippen LogP contribution in [0.15, 0.2) is 12.3 Å². The van der Waals surface area contributed by atoms with Crippen LogP contribution >= 0.6 is 0 Å². The van der Waals surface area contributed by atoms with E-state index in [0.717, 1.165) is 0 Å². The molecule has 0 aliphatic heterocycles. The molecule has 0 aromatic carbocycles. The molecule has 0 aliphatic carbocycles. The van der Waals surface area contributed by atoms with Gasteiger partial charge in [0, 0.05) is 18.7 Å². The summed E-state index contributed by atoms with van der Waals surface area (Å²) in [5.41, 5.74) is 6.31. The van der Waals surface area contributed by atoms with Crippen LogP contribution in [0, 0.1) is 0 Å². The van der Waals surface area contributed by atoms with Crippen LogP contribution in [0.4, 0.5) is 0 Å². The van der Waals surface area contributed by atoms with Gasteiger partial charge in [0.05, 0.1) is 26.5 Å². The average molecular weight is 254 g/mol. The number of hydrogen-bond donors (Lipinski definition) is 1. The molecule has 0 aliphatic rings. The minimum absolute atomic E-state index is 0.235. The molecule has 1 aromatic rings. The third-order valence-corrected chi connectivity index (χ3v) is 2.37. The molecule has 1 unspecified atom stereocenters. The van der Waals surface area contributed by atoms with Crippen molar-refractivity contribution in [1.29, 1.82) is 0 Å². The smallest absolute Gasteiger partial charge is 0.323 e. The van der Waals surface area contributed by atoms with Crippen LogP contribution in [0.2, 0.25) is 0 Å². The van der Waals surface area contributed by atoms with E-state index in [9.17, 15) is 4.79 Å². The quantitative estimate of drug-likeness (QED) is 0.746. The summed E-state index contributed by atoms with van der Waals surface area (Å²) in [4.78, 5) is 15.6. The fourth-order valence-electron chi connectivity index (χ4n) is 1.54. The fourth-order valence-corrected chi connectivity index (χ4v) is 1.54. The zero-order chi connectivity index (χ0) is 13.5. The van der Waals surface area contributed by atoms with Crippen molar-refractivity contribution in [3.8, 4) is 11.5 Å². The SMILES string of the molecule is CCOC(=O)C(N)Cc1nccc(OC)c1OC. The molecule has 0 saturated carbocycles. The van der Waals surface area contributed by atoms with E-state index in [4.69, 9.17) is 19.9 Å². The molecule has 6 heteroatoms. The number of rotatable bonds is 6. The summed E-state index contributed by atoms with van der Waals surface area (Å²) in [6.07, 6.45) is 1.81. The average Bonchev–Trinajstić information content (AvgIpc) is 2.38. The molecule has 1 heterocycles. The van der Waals surface area contributed by atoms with Crippen LogP contribution < -0.4 is 15.2 Å². The van der Waals surface area contributed by atoms with Crippen molar-refractivity contribution >= 4 is 5.97 Å². The Kier molecular flexibility index (Phi) is 5.38. The number of carbonyl (C=O) groups excluding carboxylic acids is 1. The summed E-state index contributed by atoms with van der Waals surface area (Å²) in [6, 6.07) is 0.913. The molecule has 0 radical (unpaired) electrons. The molecule has 1 aromatic heterocycles. The summed E-state index contributed by atoms with van der Waals surface area (Å²) in [5.74, 6) is 0.586. The van der Waals surface area contributed by atoms with E-state index >= 15 is 0 Å². The summed E-state index contributed by atoms with van der Waals surface area (Å²) >= 11 is 0. The Balaban J connectivity index is 2.87. The van der Waals surface area contributed by atoms with Crippen molar-refractivity contribution in [1.82, 2.24) is 4.98 Å². The summed E-state index contributed by atoms with van der Waals surface area (Å²) < 4.78 is 15.2.